The van der Waals surface area contributed by atoms with Crippen molar-refractivity contribution in [1.29, 1.82) is 0 Å². The van der Waals surface area contributed by atoms with E-state index in [0.29, 0.717) is 13.0 Å². The van der Waals surface area contributed by atoms with Crippen LogP contribution in [0.5, 0.6) is 0 Å². The minimum absolute atomic E-state index is 0.406. The molecular weight excluding hydrogens is 341 g/mol. The van der Waals surface area contributed by atoms with E-state index in [-0.39, 0.29) is 0 Å². The van der Waals surface area contributed by atoms with Gasteiger partial charge < -0.3 is 24.3 Å². The molecule has 2 unspecified atom stereocenters. The van der Waals surface area contributed by atoms with Gasteiger partial charge in [-0.1, -0.05) is 0 Å². The first-order chi connectivity index (χ1) is 8.83. The minimum atomic E-state index is -5.46. The Morgan fingerprint density at radius 2 is 1.70 bits per heavy atom. The van der Waals surface area contributed by atoms with E-state index >= 15 is 0 Å². The average molecular weight is 356 g/mol. The first kappa shape index (κ1) is 18.4. The maximum atomic E-state index is 11.4. The van der Waals surface area contributed by atoms with Crippen LogP contribution >= 0.6 is 23.5 Å². The van der Waals surface area contributed by atoms with E-state index in [1.165, 1.54) is 0 Å². The Kier molecular flexibility index (Phi) is 5.75. The van der Waals surface area contributed by atoms with Crippen LogP contribution in [0.3, 0.4) is 0 Å². The molecule has 14 heteroatoms. The standard InChI is InChI=1S/C6H15O11P3/c1-6(3-2-4-14-6)5-15-19(10,11)17-20(12,13)16-18(7,8)9/h2-5H2,1H3,(H,10,11)(H,12,13)(H2,7,8,9)/t6-/m0/s1. The monoisotopic (exact) mass is 356 g/mol. The van der Waals surface area contributed by atoms with Gasteiger partial charge in [0.25, 0.3) is 0 Å². The fourth-order valence-corrected chi connectivity index (χ4v) is 4.60. The van der Waals surface area contributed by atoms with Crippen molar-refractivity contribution >= 4 is 23.5 Å². The average Bonchev–Trinajstić information content (AvgIpc) is 2.57. The number of rotatable bonds is 7. The van der Waals surface area contributed by atoms with Crippen molar-refractivity contribution in [3.63, 3.8) is 0 Å². The van der Waals surface area contributed by atoms with Gasteiger partial charge in [-0.3, -0.25) is 4.52 Å². The zero-order valence-electron chi connectivity index (χ0n) is 10.3. The second kappa shape index (κ2) is 6.24. The first-order valence-electron chi connectivity index (χ1n) is 5.25. The summed E-state index contributed by atoms with van der Waals surface area (Å²) in [7, 11) is -15.9. The zero-order chi connectivity index (χ0) is 15.7. The molecule has 1 aliphatic heterocycles. The molecular formula is C6H15O11P3. The number of hydrogen-bond donors (Lipinski definition) is 4. The van der Waals surface area contributed by atoms with Gasteiger partial charge in [0.1, 0.15) is 0 Å². The van der Waals surface area contributed by atoms with Gasteiger partial charge in [0.2, 0.25) is 0 Å². The van der Waals surface area contributed by atoms with Gasteiger partial charge in [-0.05, 0) is 19.8 Å². The maximum Gasteiger partial charge on any atom is 0.490 e. The van der Waals surface area contributed by atoms with Crippen molar-refractivity contribution in [3.05, 3.63) is 0 Å². The number of hydrogen-bond acceptors (Lipinski definition) is 7. The number of phosphoric acid groups is 3. The highest BCUT2D eigenvalue weighted by Gasteiger charge is 2.42. The van der Waals surface area contributed by atoms with E-state index in [1.54, 1.807) is 6.92 Å². The molecule has 0 saturated carbocycles. The molecule has 3 atom stereocenters. The molecule has 11 nitrogen and oxygen atoms in total. The molecule has 20 heavy (non-hydrogen) atoms. The molecule has 0 aromatic carbocycles. The van der Waals surface area contributed by atoms with E-state index in [0.717, 1.165) is 6.42 Å². The van der Waals surface area contributed by atoms with Crippen molar-refractivity contribution < 1.29 is 51.2 Å². The SMILES string of the molecule is C[C@@]1(COP(=O)(O)OP(=O)(O)OP(=O)(O)O)CCCO1. The van der Waals surface area contributed by atoms with Crippen molar-refractivity contribution in [3.8, 4) is 0 Å². The third kappa shape index (κ3) is 6.89. The van der Waals surface area contributed by atoms with Crippen LogP contribution in [-0.2, 0) is 31.6 Å². The van der Waals surface area contributed by atoms with E-state index in [2.05, 4.69) is 13.1 Å². The summed E-state index contributed by atoms with van der Waals surface area (Å²) < 4.78 is 49.7. The molecule has 120 valence electrons. The molecule has 0 bridgehead atoms. The van der Waals surface area contributed by atoms with E-state index in [1.807, 2.05) is 0 Å². The Balaban J connectivity index is 2.58. The lowest BCUT2D eigenvalue weighted by Crippen LogP contribution is -2.29. The summed E-state index contributed by atoms with van der Waals surface area (Å²) in [6.07, 6.45) is 1.26. The largest absolute Gasteiger partial charge is 0.490 e. The predicted octanol–water partition coefficient (Wildman–Crippen LogP) is 0.899. The Morgan fingerprint density at radius 1 is 1.10 bits per heavy atom. The molecule has 4 N–H and O–H groups in total. The van der Waals surface area contributed by atoms with Gasteiger partial charge in [0.15, 0.2) is 0 Å². The van der Waals surface area contributed by atoms with Crippen LogP contribution in [0.1, 0.15) is 19.8 Å². The third-order valence-corrected chi connectivity index (χ3v) is 6.03. The molecule has 0 aromatic rings. The van der Waals surface area contributed by atoms with Gasteiger partial charge in [-0.15, -0.1) is 0 Å². The maximum absolute atomic E-state index is 11.4. The molecule has 0 radical (unpaired) electrons. The lowest BCUT2D eigenvalue weighted by Gasteiger charge is -2.24. The van der Waals surface area contributed by atoms with Crippen molar-refractivity contribution in [2.45, 2.75) is 25.4 Å². The van der Waals surface area contributed by atoms with Gasteiger partial charge in [-0.25, -0.2) is 13.7 Å². The van der Waals surface area contributed by atoms with Gasteiger partial charge >= 0.3 is 23.5 Å². The molecule has 1 heterocycles. The Hall–Kier alpha value is 0.370. The minimum Gasteiger partial charge on any atom is -0.373 e. The molecule has 0 amide bonds. The van der Waals surface area contributed by atoms with Crippen molar-refractivity contribution in [1.82, 2.24) is 0 Å². The van der Waals surface area contributed by atoms with Crippen LogP contribution in [0.15, 0.2) is 0 Å². The highest BCUT2D eigenvalue weighted by Crippen LogP contribution is 2.66. The summed E-state index contributed by atoms with van der Waals surface area (Å²) in [6.45, 7) is 1.64. The van der Waals surface area contributed by atoms with Gasteiger partial charge in [-0.2, -0.15) is 8.62 Å². The summed E-state index contributed by atoms with van der Waals surface area (Å²) in [5.41, 5.74) is -0.842. The van der Waals surface area contributed by atoms with Crippen LogP contribution in [0.4, 0.5) is 0 Å². The molecule has 0 aromatic heterocycles. The fraction of sp³-hybridized carbons (Fsp3) is 1.00. The molecule has 1 fully saturated rings. The highest BCUT2D eigenvalue weighted by molar-refractivity contribution is 7.66. The molecule has 0 aliphatic carbocycles. The predicted molar refractivity (Wildman–Crippen MR) is 63.4 cm³/mol. The van der Waals surface area contributed by atoms with Crippen LogP contribution in [0, 0.1) is 0 Å². The van der Waals surface area contributed by atoms with Gasteiger partial charge in [0, 0.05) is 6.61 Å². The number of phosphoric ester groups is 1. The third-order valence-electron chi connectivity index (χ3n) is 2.25. The van der Waals surface area contributed by atoms with Crippen LogP contribution < -0.4 is 0 Å². The van der Waals surface area contributed by atoms with E-state index in [9.17, 15) is 18.6 Å². The zero-order valence-corrected chi connectivity index (χ0v) is 13.0. The normalized spacial score (nSPS) is 29.9. The summed E-state index contributed by atoms with van der Waals surface area (Å²) >= 11 is 0. The van der Waals surface area contributed by atoms with Crippen molar-refractivity contribution in [2.24, 2.45) is 0 Å². The first-order valence-corrected chi connectivity index (χ1v) is 9.77. The summed E-state index contributed by atoms with van der Waals surface area (Å²) in [6, 6.07) is 0. The molecule has 1 aliphatic rings. The highest BCUT2D eigenvalue weighted by atomic mass is 31.3. The smallest absolute Gasteiger partial charge is 0.373 e. The summed E-state index contributed by atoms with van der Waals surface area (Å²) in [5, 5.41) is 0. The quantitative estimate of drug-likeness (QED) is 0.478. The van der Waals surface area contributed by atoms with Gasteiger partial charge in [0.05, 0.1) is 12.2 Å². The molecule has 1 rings (SSSR count). The molecule has 0 spiro atoms. The van der Waals surface area contributed by atoms with E-state index in [4.69, 9.17) is 19.4 Å². The Labute approximate surface area is 114 Å². The summed E-state index contributed by atoms with van der Waals surface area (Å²) in [5.74, 6) is 0. The van der Waals surface area contributed by atoms with E-state index < -0.39 is 35.7 Å². The topological polar surface area (TPSA) is 169 Å². The second-order valence-corrected chi connectivity index (χ2v) is 8.69. The van der Waals surface area contributed by atoms with Crippen LogP contribution in [0.25, 0.3) is 0 Å². The lowest BCUT2D eigenvalue weighted by atomic mass is 10.1. The summed E-state index contributed by atoms with van der Waals surface area (Å²) in [4.78, 5) is 34.8. The lowest BCUT2D eigenvalue weighted by molar-refractivity contribution is -0.0232. The molecule has 1 saturated heterocycles. The van der Waals surface area contributed by atoms with Crippen LogP contribution in [0.2, 0.25) is 0 Å². The second-order valence-electron chi connectivity index (χ2n) is 4.27. The fourth-order valence-electron chi connectivity index (χ4n) is 1.47. The van der Waals surface area contributed by atoms with Crippen LogP contribution in [-0.4, -0.2) is 38.4 Å². The number of ether oxygens (including phenoxy) is 1. The van der Waals surface area contributed by atoms with Crippen molar-refractivity contribution in [2.75, 3.05) is 13.2 Å². The Bertz CT molecular complexity index is 477. The Morgan fingerprint density at radius 3 is 2.15 bits per heavy atom.